The number of carbonyl (C=O) groups excluding carboxylic acids is 1. The van der Waals surface area contributed by atoms with E-state index in [1.54, 1.807) is 35.1 Å². The molecule has 5 nitrogen and oxygen atoms in total. The summed E-state index contributed by atoms with van der Waals surface area (Å²) < 4.78 is 6.99. The van der Waals surface area contributed by atoms with Crippen molar-refractivity contribution >= 4 is 40.0 Å². The highest BCUT2D eigenvalue weighted by atomic mass is 35.5. The Morgan fingerprint density at radius 1 is 1.27 bits per heavy atom. The smallest absolute Gasteiger partial charge is 0.262 e. The molecule has 0 amide bonds. The highest BCUT2D eigenvalue weighted by Crippen LogP contribution is 2.31. The van der Waals surface area contributed by atoms with Gasteiger partial charge in [-0.25, -0.2) is 4.98 Å². The van der Waals surface area contributed by atoms with Gasteiger partial charge in [-0.1, -0.05) is 29.8 Å². The average molecular weight is 389 g/mol. The van der Waals surface area contributed by atoms with Crippen molar-refractivity contribution in [2.75, 3.05) is 0 Å². The fourth-order valence-electron chi connectivity index (χ4n) is 3.16. The largest absolute Gasteiger partial charge is 0.467 e. The van der Waals surface area contributed by atoms with E-state index in [0.29, 0.717) is 33.3 Å². The quantitative estimate of drug-likeness (QED) is 0.623. The number of rotatable bonds is 4. The topological polar surface area (TPSA) is 65.1 Å². The van der Waals surface area contributed by atoms with Crippen LogP contribution >= 0.6 is 23.4 Å². The molecule has 3 aromatic rings. The number of thioether (sulfide) groups is 1. The standard InChI is InChI=1S/C19H17ClN2O3S/c20-12-7-8-14-15(10-12)21-19(26-17-6-2-1-5-16(17)23)22(18(14)24)11-13-4-3-9-25-13/h3-4,7-10,17H,1-2,5-6,11H2/t17-/m1/s1. The lowest BCUT2D eigenvalue weighted by atomic mass is 9.99. The Balaban J connectivity index is 1.81. The van der Waals surface area contributed by atoms with Gasteiger partial charge in [0.25, 0.3) is 5.56 Å². The van der Waals surface area contributed by atoms with Gasteiger partial charge in [0, 0.05) is 11.4 Å². The molecule has 4 rings (SSSR count). The first kappa shape index (κ1) is 17.4. The second-order valence-electron chi connectivity index (χ2n) is 6.35. The molecule has 7 heteroatoms. The molecule has 1 atom stereocenters. The zero-order valence-corrected chi connectivity index (χ0v) is 15.6. The van der Waals surface area contributed by atoms with Crippen molar-refractivity contribution in [1.29, 1.82) is 0 Å². The average Bonchev–Trinajstić information content (AvgIpc) is 3.13. The molecule has 0 radical (unpaired) electrons. The summed E-state index contributed by atoms with van der Waals surface area (Å²) in [4.78, 5) is 30.0. The zero-order valence-electron chi connectivity index (χ0n) is 14.0. The molecule has 0 N–H and O–H groups in total. The SMILES string of the molecule is O=C1CCCC[C@H]1Sc1nc2cc(Cl)ccc2c(=O)n1Cc1ccco1. The van der Waals surface area contributed by atoms with Crippen LogP contribution in [0, 0.1) is 0 Å². The number of furan rings is 1. The number of carbonyl (C=O) groups is 1. The third-order valence-electron chi connectivity index (χ3n) is 4.52. The Labute approximate surface area is 159 Å². The predicted molar refractivity (Wildman–Crippen MR) is 102 cm³/mol. The summed E-state index contributed by atoms with van der Waals surface area (Å²) in [5, 5.41) is 1.40. The van der Waals surface area contributed by atoms with Gasteiger partial charge in [0.15, 0.2) is 5.16 Å². The maximum absolute atomic E-state index is 13.0. The fourth-order valence-corrected chi connectivity index (χ4v) is 4.54. The van der Waals surface area contributed by atoms with Crippen molar-refractivity contribution < 1.29 is 9.21 Å². The summed E-state index contributed by atoms with van der Waals surface area (Å²) in [7, 11) is 0. The molecule has 1 aliphatic rings. The van der Waals surface area contributed by atoms with Crippen molar-refractivity contribution in [1.82, 2.24) is 9.55 Å². The van der Waals surface area contributed by atoms with E-state index in [-0.39, 0.29) is 23.1 Å². The van der Waals surface area contributed by atoms with Gasteiger partial charge in [0.05, 0.1) is 29.0 Å². The first-order valence-electron chi connectivity index (χ1n) is 8.53. The van der Waals surface area contributed by atoms with E-state index in [2.05, 4.69) is 4.98 Å². The maximum atomic E-state index is 13.0. The number of halogens is 1. The van der Waals surface area contributed by atoms with Gasteiger partial charge in [0.2, 0.25) is 0 Å². The maximum Gasteiger partial charge on any atom is 0.262 e. The Hall–Kier alpha value is -2.05. The van der Waals surface area contributed by atoms with Crippen LogP contribution in [0.15, 0.2) is 51.0 Å². The molecule has 0 bridgehead atoms. The van der Waals surface area contributed by atoms with Crippen LogP contribution in [0.4, 0.5) is 0 Å². The van der Waals surface area contributed by atoms with Gasteiger partial charge in [-0.15, -0.1) is 0 Å². The lowest BCUT2D eigenvalue weighted by Crippen LogP contribution is -2.27. The predicted octanol–water partition coefficient (Wildman–Crippen LogP) is 4.30. The number of benzene rings is 1. The lowest BCUT2D eigenvalue weighted by Gasteiger charge is -2.21. The Morgan fingerprint density at radius 3 is 2.92 bits per heavy atom. The summed E-state index contributed by atoms with van der Waals surface area (Å²) in [6, 6.07) is 8.65. The summed E-state index contributed by atoms with van der Waals surface area (Å²) in [6.07, 6.45) is 4.94. The minimum atomic E-state index is -0.158. The molecule has 26 heavy (non-hydrogen) atoms. The van der Waals surface area contributed by atoms with Gasteiger partial charge < -0.3 is 4.42 Å². The monoisotopic (exact) mass is 388 g/mol. The normalized spacial score (nSPS) is 17.7. The van der Waals surface area contributed by atoms with Gasteiger partial charge in [-0.05, 0) is 43.2 Å². The molecule has 0 saturated heterocycles. The molecule has 0 spiro atoms. The molecule has 1 fully saturated rings. The number of ketones is 1. The number of aromatic nitrogens is 2. The van der Waals surface area contributed by atoms with E-state index in [9.17, 15) is 9.59 Å². The highest BCUT2D eigenvalue weighted by molar-refractivity contribution is 8.00. The third kappa shape index (κ3) is 3.44. The van der Waals surface area contributed by atoms with E-state index in [1.165, 1.54) is 11.8 Å². The number of Topliss-reactive ketones (excluding diaryl/α,β-unsaturated/α-hetero) is 1. The molecular formula is C19H17ClN2O3S. The molecule has 134 valence electrons. The van der Waals surface area contributed by atoms with Crippen LogP contribution in [-0.4, -0.2) is 20.6 Å². The Morgan fingerprint density at radius 2 is 2.15 bits per heavy atom. The number of fused-ring (bicyclic) bond motifs is 1. The minimum absolute atomic E-state index is 0.157. The van der Waals surface area contributed by atoms with Crippen LogP contribution in [0.1, 0.15) is 31.4 Å². The Bertz CT molecular complexity index is 1010. The molecule has 1 aliphatic carbocycles. The van der Waals surface area contributed by atoms with Crippen LogP contribution in [-0.2, 0) is 11.3 Å². The molecule has 1 aromatic carbocycles. The summed E-state index contributed by atoms with van der Waals surface area (Å²) in [6.45, 7) is 0.278. The van der Waals surface area contributed by atoms with E-state index < -0.39 is 0 Å². The van der Waals surface area contributed by atoms with Crippen LogP contribution in [0.5, 0.6) is 0 Å². The fraction of sp³-hybridized carbons (Fsp3) is 0.316. The first-order valence-corrected chi connectivity index (χ1v) is 9.79. The molecule has 0 aliphatic heterocycles. The second-order valence-corrected chi connectivity index (χ2v) is 7.95. The number of hydrogen-bond donors (Lipinski definition) is 0. The summed E-state index contributed by atoms with van der Waals surface area (Å²) >= 11 is 7.44. The van der Waals surface area contributed by atoms with E-state index in [4.69, 9.17) is 16.0 Å². The van der Waals surface area contributed by atoms with Crippen molar-refractivity contribution in [3.63, 3.8) is 0 Å². The second kappa shape index (κ2) is 7.29. The van der Waals surface area contributed by atoms with E-state index in [1.807, 2.05) is 6.07 Å². The van der Waals surface area contributed by atoms with Crippen LogP contribution in [0.3, 0.4) is 0 Å². The van der Waals surface area contributed by atoms with Crippen LogP contribution in [0.25, 0.3) is 10.9 Å². The molecule has 1 saturated carbocycles. The lowest BCUT2D eigenvalue weighted by molar-refractivity contribution is -0.119. The first-order chi connectivity index (χ1) is 12.6. The van der Waals surface area contributed by atoms with Gasteiger partial charge in [0.1, 0.15) is 11.5 Å². The van der Waals surface area contributed by atoms with Gasteiger partial charge in [-0.2, -0.15) is 0 Å². The third-order valence-corrected chi connectivity index (χ3v) is 6.06. The Kier molecular flexibility index (Phi) is 4.87. The molecule has 2 aromatic heterocycles. The van der Waals surface area contributed by atoms with Crippen molar-refractivity contribution in [2.24, 2.45) is 0 Å². The number of nitrogens with zero attached hydrogens (tertiary/aromatic N) is 2. The summed E-state index contributed by atoms with van der Waals surface area (Å²) in [5.41, 5.74) is 0.387. The van der Waals surface area contributed by atoms with E-state index >= 15 is 0 Å². The van der Waals surface area contributed by atoms with Gasteiger partial charge in [-0.3, -0.25) is 14.2 Å². The highest BCUT2D eigenvalue weighted by Gasteiger charge is 2.26. The number of hydrogen-bond acceptors (Lipinski definition) is 5. The van der Waals surface area contributed by atoms with Crippen molar-refractivity contribution in [3.05, 3.63) is 57.7 Å². The van der Waals surface area contributed by atoms with Crippen molar-refractivity contribution in [2.45, 2.75) is 42.6 Å². The summed E-state index contributed by atoms with van der Waals surface area (Å²) in [5.74, 6) is 0.894. The van der Waals surface area contributed by atoms with Gasteiger partial charge >= 0.3 is 0 Å². The molecule has 0 unspecified atom stereocenters. The zero-order chi connectivity index (χ0) is 18.1. The van der Waals surface area contributed by atoms with Crippen LogP contribution in [0.2, 0.25) is 5.02 Å². The minimum Gasteiger partial charge on any atom is -0.467 e. The van der Waals surface area contributed by atoms with Crippen LogP contribution < -0.4 is 5.56 Å². The van der Waals surface area contributed by atoms with Crippen molar-refractivity contribution in [3.8, 4) is 0 Å². The molecular weight excluding hydrogens is 372 g/mol. The molecule has 2 heterocycles. The van der Waals surface area contributed by atoms with E-state index in [0.717, 1.165) is 19.3 Å².